The van der Waals surface area contributed by atoms with Crippen LogP contribution in [0.4, 0.5) is 5.13 Å². The Balaban J connectivity index is 1.64. The largest absolute Gasteiger partial charge is 0.296 e. The van der Waals surface area contributed by atoms with Crippen molar-refractivity contribution in [3.05, 3.63) is 59.9 Å². The van der Waals surface area contributed by atoms with E-state index in [4.69, 9.17) is 0 Å². The second-order valence-corrected chi connectivity index (χ2v) is 7.21. The number of aromatic nitrogens is 7. The molecule has 0 atom stereocenters. The number of nitrogens with zero attached hydrogens (tertiary/aromatic N) is 7. The van der Waals surface area contributed by atoms with Crippen molar-refractivity contribution in [2.75, 3.05) is 5.32 Å². The summed E-state index contributed by atoms with van der Waals surface area (Å²) in [5.74, 6) is -0.126. The van der Waals surface area contributed by atoms with Crippen LogP contribution >= 0.6 is 11.3 Å². The number of anilines is 1. The van der Waals surface area contributed by atoms with Crippen LogP contribution in [-0.2, 0) is 0 Å². The third-order valence-electron chi connectivity index (χ3n) is 3.88. The van der Waals surface area contributed by atoms with Crippen molar-refractivity contribution in [3.8, 4) is 17.1 Å². The fourth-order valence-electron chi connectivity index (χ4n) is 2.61. The van der Waals surface area contributed by atoms with E-state index < -0.39 is 0 Å². The van der Waals surface area contributed by atoms with Crippen LogP contribution in [0.3, 0.4) is 0 Å². The minimum absolute atomic E-state index is 0.244. The molecule has 0 fully saturated rings. The van der Waals surface area contributed by atoms with Gasteiger partial charge in [-0.05, 0) is 18.1 Å². The van der Waals surface area contributed by atoms with Crippen LogP contribution in [0.25, 0.3) is 17.1 Å². The Morgan fingerprint density at radius 3 is 2.71 bits per heavy atom. The molecule has 1 N–H and O–H groups in total. The van der Waals surface area contributed by atoms with Gasteiger partial charge in [0.05, 0.1) is 24.3 Å². The van der Waals surface area contributed by atoms with Gasteiger partial charge in [0.25, 0.3) is 5.91 Å². The summed E-state index contributed by atoms with van der Waals surface area (Å²) in [6, 6.07) is 5.67. The highest BCUT2D eigenvalue weighted by molar-refractivity contribution is 7.16. The normalized spacial score (nSPS) is 11.0. The Kier molecular flexibility index (Phi) is 4.85. The van der Waals surface area contributed by atoms with Crippen LogP contribution in [0.1, 0.15) is 35.1 Å². The molecule has 4 aromatic heterocycles. The molecule has 0 saturated heterocycles. The number of rotatable bonds is 5. The number of pyridine rings is 1. The molecule has 4 aromatic rings. The Labute approximate surface area is 164 Å². The summed E-state index contributed by atoms with van der Waals surface area (Å²) in [6.07, 6.45) is 7.63. The molecule has 140 valence electrons. The van der Waals surface area contributed by atoms with Crippen molar-refractivity contribution in [1.29, 1.82) is 0 Å². The van der Waals surface area contributed by atoms with E-state index in [9.17, 15) is 4.79 Å². The van der Waals surface area contributed by atoms with Crippen molar-refractivity contribution in [3.63, 3.8) is 0 Å². The van der Waals surface area contributed by atoms with Gasteiger partial charge in [-0.2, -0.15) is 0 Å². The zero-order valence-corrected chi connectivity index (χ0v) is 16.0. The Morgan fingerprint density at radius 1 is 1.18 bits per heavy atom. The van der Waals surface area contributed by atoms with Crippen LogP contribution in [0, 0.1) is 0 Å². The maximum absolute atomic E-state index is 12.8. The number of hydrogen-bond acceptors (Lipinski definition) is 8. The average molecular weight is 392 g/mol. The lowest BCUT2D eigenvalue weighted by Crippen LogP contribution is -2.17. The predicted molar refractivity (Wildman–Crippen MR) is 104 cm³/mol. The summed E-state index contributed by atoms with van der Waals surface area (Å²) >= 11 is 1.43. The van der Waals surface area contributed by atoms with Gasteiger partial charge in [0.15, 0.2) is 10.8 Å². The Bertz CT molecular complexity index is 1090. The first-order chi connectivity index (χ1) is 13.6. The molecule has 0 aliphatic rings. The fourth-order valence-corrected chi connectivity index (χ4v) is 3.58. The fraction of sp³-hybridized carbons (Fsp3) is 0.167. The number of hydrogen-bond donors (Lipinski definition) is 1. The third kappa shape index (κ3) is 3.49. The standard InChI is InChI=1S/C18H16N8OS/c1-11(2)16-15(13-5-3-4-6-21-13)23-18(28-16)24-17(27)14-9-22-25-26(14)12-7-19-10-20-8-12/h3-11H,1-2H3,(H,23,24,27). The molecule has 0 bridgehead atoms. The van der Waals surface area contributed by atoms with Gasteiger partial charge in [-0.25, -0.2) is 19.6 Å². The molecule has 0 unspecified atom stereocenters. The summed E-state index contributed by atoms with van der Waals surface area (Å²) in [5.41, 5.74) is 2.35. The lowest BCUT2D eigenvalue weighted by molar-refractivity contribution is 0.101. The predicted octanol–water partition coefficient (Wildman–Crippen LogP) is 2.95. The molecule has 0 saturated carbocycles. The second kappa shape index (κ2) is 7.61. The van der Waals surface area contributed by atoms with Gasteiger partial charge in [-0.3, -0.25) is 15.1 Å². The molecule has 0 aliphatic heterocycles. The quantitative estimate of drug-likeness (QED) is 0.556. The van der Waals surface area contributed by atoms with E-state index in [2.05, 4.69) is 49.4 Å². The van der Waals surface area contributed by atoms with Gasteiger partial charge in [-0.1, -0.05) is 25.1 Å². The van der Waals surface area contributed by atoms with Gasteiger partial charge in [0, 0.05) is 11.1 Å². The van der Waals surface area contributed by atoms with Gasteiger partial charge in [0.2, 0.25) is 0 Å². The first kappa shape index (κ1) is 17.9. The highest BCUT2D eigenvalue weighted by atomic mass is 32.1. The summed E-state index contributed by atoms with van der Waals surface area (Å²) in [5, 5.41) is 11.1. The number of amides is 1. The Morgan fingerprint density at radius 2 is 2.00 bits per heavy atom. The number of carbonyl (C=O) groups is 1. The van der Waals surface area contributed by atoms with Gasteiger partial charge in [0.1, 0.15) is 17.7 Å². The smallest absolute Gasteiger partial charge is 0.277 e. The van der Waals surface area contributed by atoms with Crippen molar-refractivity contribution >= 4 is 22.4 Å². The summed E-state index contributed by atoms with van der Waals surface area (Å²) in [7, 11) is 0. The summed E-state index contributed by atoms with van der Waals surface area (Å²) < 4.78 is 1.38. The summed E-state index contributed by atoms with van der Waals surface area (Å²) in [6.45, 7) is 4.17. The lowest BCUT2D eigenvalue weighted by Gasteiger charge is -2.04. The van der Waals surface area contributed by atoms with E-state index >= 15 is 0 Å². The van der Waals surface area contributed by atoms with E-state index in [0.717, 1.165) is 16.3 Å². The van der Waals surface area contributed by atoms with Gasteiger partial charge < -0.3 is 0 Å². The Hall–Kier alpha value is -3.53. The molecular formula is C18H16N8OS. The first-order valence-electron chi connectivity index (χ1n) is 8.53. The van der Waals surface area contributed by atoms with Gasteiger partial charge in [-0.15, -0.1) is 16.4 Å². The SMILES string of the molecule is CC(C)c1sc(NC(=O)c2cnnn2-c2cncnc2)nc1-c1ccccn1. The highest BCUT2D eigenvalue weighted by Crippen LogP contribution is 2.35. The lowest BCUT2D eigenvalue weighted by atomic mass is 10.1. The molecule has 9 nitrogen and oxygen atoms in total. The minimum Gasteiger partial charge on any atom is -0.296 e. The number of carbonyl (C=O) groups excluding carboxylic acids is 1. The molecule has 4 heterocycles. The van der Waals surface area contributed by atoms with E-state index in [1.807, 2.05) is 18.2 Å². The molecular weight excluding hydrogens is 376 g/mol. The zero-order chi connectivity index (χ0) is 19.5. The molecule has 1 amide bonds. The molecule has 28 heavy (non-hydrogen) atoms. The van der Waals surface area contributed by atoms with E-state index in [1.165, 1.54) is 28.5 Å². The summed E-state index contributed by atoms with van der Waals surface area (Å²) in [4.78, 5) is 30.7. The third-order valence-corrected chi connectivity index (χ3v) is 5.15. The molecule has 0 aromatic carbocycles. The van der Waals surface area contributed by atoms with E-state index in [0.29, 0.717) is 10.8 Å². The molecule has 10 heteroatoms. The maximum atomic E-state index is 12.8. The number of thiazole rings is 1. The van der Waals surface area contributed by atoms with Gasteiger partial charge >= 0.3 is 0 Å². The van der Waals surface area contributed by atoms with Crippen molar-refractivity contribution in [2.24, 2.45) is 0 Å². The van der Waals surface area contributed by atoms with Crippen LogP contribution in [-0.4, -0.2) is 40.8 Å². The second-order valence-electron chi connectivity index (χ2n) is 6.18. The number of nitrogens with one attached hydrogen (secondary N) is 1. The van der Waals surface area contributed by atoms with Crippen molar-refractivity contribution in [1.82, 2.24) is 34.9 Å². The topological polar surface area (TPSA) is 111 Å². The monoisotopic (exact) mass is 392 g/mol. The molecule has 0 aliphatic carbocycles. The minimum atomic E-state index is -0.370. The van der Waals surface area contributed by atoms with E-state index in [1.54, 1.807) is 18.6 Å². The van der Waals surface area contributed by atoms with Crippen molar-refractivity contribution in [2.45, 2.75) is 19.8 Å². The highest BCUT2D eigenvalue weighted by Gasteiger charge is 2.20. The van der Waals surface area contributed by atoms with Crippen LogP contribution < -0.4 is 5.32 Å². The van der Waals surface area contributed by atoms with Crippen LogP contribution in [0.15, 0.2) is 49.3 Å². The molecule has 0 spiro atoms. The van der Waals surface area contributed by atoms with Crippen molar-refractivity contribution < 1.29 is 4.79 Å². The average Bonchev–Trinajstić information content (AvgIpc) is 3.37. The molecule has 4 rings (SSSR count). The van der Waals surface area contributed by atoms with Crippen LogP contribution in [0.2, 0.25) is 0 Å². The molecule has 0 radical (unpaired) electrons. The first-order valence-corrected chi connectivity index (χ1v) is 9.34. The van der Waals surface area contributed by atoms with E-state index in [-0.39, 0.29) is 17.5 Å². The van der Waals surface area contributed by atoms with Crippen LogP contribution in [0.5, 0.6) is 0 Å². The maximum Gasteiger partial charge on any atom is 0.277 e. The zero-order valence-electron chi connectivity index (χ0n) is 15.1.